The Balaban J connectivity index is 2.03. The Hall–Kier alpha value is -2.74. The topological polar surface area (TPSA) is 97.6 Å². The van der Waals surface area contributed by atoms with E-state index in [0.29, 0.717) is 5.69 Å². The molecule has 0 aliphatic heterocycles. The fourth-order valence-corrected chi connectivity index (χ4v) is 2.01. The van der Waals surface area contributed by atoms with Crippen LogP contribution in [0.15, 0.2) is 36.5 Å². The molecule has 0 aliphatic carbocycles. The third-order valence-electron chi connectivity index (χ3n) is 3.15. The van der Waals surface area contributed by atoms with Crippen molar-refractivity contribution >= 4 is 11.9 Å². The summed E-state index contributed by atoms with van der Waals surface area (Å²) < 4.78 is 6.29. The second kappa shape index (κ2) is 8.04. The third kappa shape index (κ3) is 4.89. The predicted molar refractivity (Wildman–Crippen MR) is 81.5 cm³/mol. The summed E-state index contributed by atoms with van der Waals surface area (Å²) in [5, 5.41) is 16.8. The van der Waals surface area contributed by atoms with Gasteiger partial charge in [-0.3, -0.25) is 9.59 Å². The number of benzene rings is 1. The maximum Gasteiger partial charge on any atom is 0.323 e. The van der Waals surface area contributed by atoms with Crippen molar-refractivity contribution in [3.05, 3.63) is 36.5 Å². The van der Waals surface area contributed by atoms with E-state index in [2.05, 4.69) is 10.3 Å². The highest BCUT2D eigenvalue weighted by Crippen LogP contribution is 2.14. The molecule has 122 valence electrons. The number of rotatable bonds is 8. The van der Waals surface area contributed by atoms with E-state index in [9.17, 15) is 9.59 Å². The average molecular weight is 318 g/mol. The maximum absolute atomic E-state index is 12.2. The highest BCUT2D eigenvalue weighted by molar-refractivity contribution is 5.81. The Morgan fingerprint density at radius 3 is 2.70 bits per heavy atom. The van der Waals surface area contributed by atoms with Crippen molar-refractivity contribution in [2.45, 2.75) is 6.54 Å². The highest BCUT2D eigenvalue weighted by atomic mass is 16.5. The summed E-state index contributed by atoms with van der Waals surface area (Å²) in [6.45, 7) is 0.0345. The van der Waals surface area contributed by atoms with Crippen LogP contribution in [0.2, 0.25) is 0 Å². The molecule has 2 aromatic rings. The van der Waals surface area contributed by atoms with Crippen LogP contribution < -0.4 is 0 Å². The monoisotopic (exact) mass is 318 g/mol. The minimum atomic E-state index is -1.07. The van der Waals surface area contributed by atoms with E-state index in [4.69, 9.17) is 9.84 Å². The minimum absolute atomic E-state index is 0.0726. The summed E-state index contributed by atoms with van der Waals surface area (Å²) in [6, 6.07) is 9.46. The molecule has 0 bridgehead atoms. The summed E-state index contributed by atoms with van der Waals surface area (Å²) in [5.74, 6) is -1.42. The zero-order valence-corrected chi connectivity index (χ0v) is 12.8. The van der Waals surface area contributed by atoms with Crippen molar-refractivity contribution in [3.63, 3.8) is 0 Å². The number of carboxylic acid groups (broad SMARTS) is 1. The first kappa shape index (κ1) is 16.6. The van der Waals surface area contributed by atoms with Crippen molar-refractivity contribution in [1.29, 1.82) is 0 Å². The van der Waals surface area contributed by atoms with E-state index in [1.807, 2.05) is 30.3 Å². The molecule has 0 radical (unpaired) electrons. The van der Waals surface area contributed by atoms with Gasteiger partial charge < -0.3 is 14.7 Å². The third-order valence-corrected chi connectivity index (χ3v) is 3.15. The number of carbonyl (C=O) groups is 2. The molecule has 1 aromatic heterocycles. The van der Waals surface area contributed by atoms with E-state index in [1.54, 1.807) is 6.20 Å². The number of hydrogen-bond donors (Lipinski definition) is 1. The second-order valence-electron chi connectivity index (χ2n) is 4.87. The lowest BCUT2D eigenvalue weighted by Gasteiger charge is -2.19. The molecule has 0 fully saturated rings. The average Bonchev–Trinajstić information content (AvgIpc) is 3.00. The van der Waals surface area contributed by atoms with E-state index in [1.165, 1.54) is 16.7 Å². The molecule has 1 aromatic carbocycles. The molecule has 8 heteroatoms. The van der Waals surface area contributed by atoms with Crippen molar-refractivity contribution in [2.24, 2.45) is 0 Å². The van der Waals surface area contributed by atoms with Crippen LogP contribution >= 0.6 is 0 Å². The number of hydrogen-bond acceptors (Lipinski definition) is 5. The zero-order valence-electron chi connectivity index (χ0n) is 12.8. The Morgan fingerprint density at radius 2 is 2.04 bits per heavy atom. The summed E-state index contributed by atoms with van der Waals surface area (Å²) in [4.78, 5) is 24.3. The molecule has 0 saturated heterocycles. The van der Waals surface area contributed by atoms with Crippen LogP contribution in [0.3, 0.4) is 0 Å². The number of aliphatic carboxylic acids is 1. The number of carboxylic acids is 1. The van der Waals surface area contributed by atoms with Crippen molar-refractivity contribution < 1.29 is 19.4 Å². The number of carbonyl (C=O) groups excluding carboxylic acids is 1. The van der Waals surface area contributed by atoms with Gasteiger partial charge in [0, 0.05) is 19.2 Å². The standard InChI is InChI=1S/C15H18N4O4/c1-23-8-7-18(11-15(21)22)14(20)10-19-9-13(16-17-19)12-5-3-2-4-6-12/h2-6,9H,7-8,10-11H2,1H3,(H,21,22). The molecule has 2 rings (SSSR count). The van der Waals surface area contributed by atoms with Gasteiger partial charge in [0.05, 0.1) is 12.8 Å². The van der Waals surface area contributed by atoms with Crippen molar-refractivity contribution in [2.75, 3.05) is 26.8 Å². The molecular weight excluding hydrogens is 300 g/mol. The van der Waals surface area contributed by atoms with Crippen LogP contribution in [0.25, 0.3) is 11.3 Å². The Bertz CT molecular complexity index is 657. The van der Waals surface area contributed by atoms with E-state index in [0.717, 1.165) is 5.56 Å². The Kier molecular flexibility index (Phi) is 5.81. The van der Waals surface area contributed by atoms with Gasteiger partial charge in [-0.2, -0.15) is 0 Å². The number of ether oxygens (including phenoxy) is 1. The van der Waals surface area contributed by atoms with Crippen LogP contribution in [0.1, 0.15) is 0 Å². The minimum Gasteiger partial charge on any atom is -0.480 e. The SMILES string of the molecule is COCCN(CC(=O)O)C(=O)Cn1cc(-c2ccccc2)nn1. The van der Waals surface area contributed by atoms with Crippen LogP contribution in [-0.2, 0) is 20.9 Å². The van der Waals surface area contributed by atoms with Gasteiger partial charge in [-0.15, -0.1) is 5.10 Å². The lowest BCUT2D eigenvalue weighted by Crippen LogP contribution is -2.40. The molecule has 0 spiro atoms. The lowest BCUT2D eigenvalue weighted by atomic mass is 10.2. The number of nitrogens with zero attached hydrogens (tertiary/aromatic N) is 4. The Morgan fingerprint density at radius 1 is 1.30 bits per heavy atom. The van der Waals surface area contributed by atoms with Gasteiger partial charge in [-0.05, 0) is 0 Å². The number of aromatic nitrogens is 3. The van der Waals surface area contributed by atoms with Gasteiger partial charge in [0.1, 0.15) is 18.8 Å². The maximum atomic E-state index is 12.2. The molecule has 1 N–H and O–H groups in total. The number of amides is 1. The summed E-state index contributed by atoms with van der Waals surface area (Å²) >= 11 is 0. The van der Waals surface area contributed by atoms with E-state index < -0.39 is 5.97 Å². The first-order valence-electron chi connectivity index (χ1n) is 7.04. The van der Waals surface area contributed by atoms with Crippen LogP contribution in [-0.4, -0.2) is 63.7 Å². The van der Waals surface area contributed by atoms with Gasteiger partial charge in [0.15, 0.2) is 0 Å². The molecule has 0 unspecified atom stereocenters. The lowest BCUT2D eigenvalue weighted by molar-refractivity contribution is -0.145. The van der Waals surface area contributed by atoms with Crippen molar-refractivity contribution in [3.8, 4) is 11.3 Å². The molecule has 23 heavy (non-hydrogen) atoms. The Labute approximate surface area is 133 Å². The second-order valence-corrected chi connectivity index (χ2v) is 4.87. The molecule has 0 saturated carbocycles. The quantitative estimate of drug-likeness (QED) is 0.761. The highest BCUT2D eigenvalue weighted by Gasteiger charge is 2.17. The molecule has 8 nitrogen and oxygen atoms in total. The van der Waals surface area contributed by atoms with Gasteiger partial charge >= 0.3 is 5.97 Å². The largest absolute Gasteiger partial charge is 0.480 e. The molecular formula is C15H18N4O4. The molecule has 1 heterocycles. The van der Waals surface area contributed by atoms with E-state index in [-0.39, 0.29) is 32.1 Å². The van der Waals surface area contributed by atoms with Gasteiger partial charge in [0.25, 0.3) is 0 Å². The molecule has 0 atom stereocenters. The van der Waals surface area contributed by atoms with Crippen LogP contribution in [0.4, 0.5) is 0 Å². The smallest absolute Gasteiger partial charge is 0.323 e. The van der Waals surface area contributed by atoms with Crippen LogP contribution in [0, 0.1) is 0 Å². The summed E-state index contributed by atoms with van der Waals surface area (Å²) in [5.41, 5.74) is 1.55. The van der Waals surface area contributed by atoms with Gasteiger partial charge in [-0.25, -0.2) is 4.68 Å². The summed E-state index contributed by atoms with van der Waals surface area (Å²) in [7, 11) is 1.49. The van der Waals surface area contributed by atoms with Gasteiger partial charge in [-0.1, -0.05) is 35.5 Å². The van der Waals surface area contributed by atoms with Crippen LogP contribution in [0.5, 0.6) is 0 Å². The zero-order chi connectivity index (χ0) is 16.7. The molecule has 0 aliphatic rings. The fourth-order valence-electron chi connectivity index (χ4n) is 2.01. The first-order valence-corrected chi connectivity index (χ1v) is 7.04. The normalized spacial score (nSPS) is 10.5. The summed E-state index contributed by atoms with van der Waals surface area (Å²) in [6.07, 6.45) is 1.66. The van der Waals surface area contributed by atoms with Crippen molar-refractivity contribution in [1.82, 2.24) is 19.9 Å². The molecule has 1 amide bonds. The fraction of sp³-hybridized carbons (Fsp3) is 0.333. The predicted octanol–water partition coefficient (Wildman–Crippen LogP) is 0.505. The number of methoxy groups -OCH3 is 1. The van der Waals surface area contributed by atoms with Gasteiger partial charge in [0.2, 0.25) is 5.91 Å². The first-order chi connectivity index (χ1) is 11.1. The van der Waals surface area contributed by atoms with E-state index >= 15 is 0 Å².